The second-order valence-corrected chi connectivity index (χ2v) is 1.77. The van der Waals surface area contributed by atoms with Crippen molar-refractivity contribution in [3.05, 3.63) is 23.8 Å². The van der Waals surface area contributed by atoms with Gasteiger partial charge >= 0.3 is 0 Å². The van der Waals surface area contributed by atoms with Crippen molar-refractivity contribution >= 4 is 11.8 Å². The van der Waals surface area contributed by atoms with Gasteiger partial charge < -0.3 is 5.11 Å². The molecule has 0 aliphatic carbocycles. The van der Waals surface area contributed by atoms with E-state index in [1.165, 1.54) is 11.8 Å². The molecule has 0 fully saturated rings. The van der Waals surface area contributed by atoms with Gasteiger partial charge in [-0.3, -0.25) is 0 Å². The predicted molar refractivity (Wildman–Crippen MR) is 34.4 cm³/mol. The van der Waals surface area contributed by atoms with Crippen molar-refractivity contribution in [1.29, 1.82) is 0 Å². The molecule has 0 radical (unpaired) electrons. The number of rotatable bonds is 2. The van der Waals surface area contributed by atoms with Crippen LogP contribution in [0.1, 0.15) is 0 Å². The summed E-state index contributed by atoms with van der Waals surface area (Å²) in [5.41, 5.74) is 0. The van der Waals surface area contributed by atoms with Crippen molar-refractivity contribution in [2.24, 2.45) is 0 Å². The van der Waals surface area contributed by atoms with Gasteiger partial charge in [-0.2, -0.15) is 0 Å². The van der Waals surface area contributed by atoms with E-state index in [1.54, 1.807) is 11.5 Å². The van der Waals surface area contributed by atoms with Crippen LogP contribution < -0.4 is 0 Å². The number of hydrogen-bond acceptors (Lipinski definition) is 2. The lowest BCUT2D eigenvalue weighted by Crippen LogP contribution is -1.62. The van der Waals surface area contributed by atoms with Crippen LogP contribution in [0.25, 0.3) is 0 Å². The van der Waals surface area contributed by atoms with Crippen molar-refractivity contribution in [3.63, 3.8) is 0 Å². The molecule has 0 heterocycles. The smallest absolute Gasteiger partial charge is 0.108 e. The van der Waals surface area contributed by atoms with Gasteiger partial charge in [0, 0.05) is 0 Å². The quantitative estimate of drug-likeness (QED) is 0.439. The first-order valence-electron chi connectivity index (χ1n) is 1.84. The number of aliphatic hydroxyl groups excluding tert-OH is 1. The van der Waals surface area contributed by atoms with Crippen LogP contribution >= 0.6 is 11.8 Å². The molecule has 0 bridgehead atoms. The molecule has 1 nitrogen and oxygen atoms in total. The monoisotopic (exact) mass is 116 g/mol. The Labute approximate surface area is 47.7 Å². The Morgan fingerprint density at radius 3 is 2.57 bits per heavy atom. The maximum atomic E-state index is 8.39. The molecule has 2 heteroatoms. The summed E-state index contributed by atoms with van der Waals surface area (Å²) in [7, 11) is 0. The first kappa shape index (κ1) is 6.63. The van der Waals surface area contributed by atoms with Crippen LogP contribution in [0.2, 0.25) is 0 Å². The van der Waals surface area contributed by atoms with Crippen molar-refractivity contribution in [3.8, 4) is 0 Å². The Bertz CT molecular complexity index is 86.1. The van der Waals surface area contributed by atoms with Gasteiger partial charge in [-0.25, -0.2) is 0 Å². The van der Waals surface area contributed by atoms with E-state index in [9.17, 15) is 0 Å². The van der Waals surface area contributed by atoms with E-state index < -0.39 is 0 Å². The summed E-state index contributed by atoms with van der Waals surface area (Å²) in [6.07, 6.45) is 3.46. The molecule has 0 atom stereocenters. The van der Waals surface area contributed by atoms with E-state index in [0.29, 0.717) is 0 Å². The Hall–Kier alpha value is -0.370. The van der Waals surface area contributed by atoms with E-state index >= 15 is 0 Å². The van der Waals surface area contributed by atoms with E-state index in [2.05, 4.69) is 6.58 Å². The lowest BCUT2D eigenvalue weighted by atomic mass is 10.6. The summed E-state index contributed by atoms with van der Waals surface area (Å²) in [4.78, 5) is 0. The van der Waals surface area contributed by atoms with Crippen molar-refractivity contribution in [2.45, 2.75) is 0 Å². The van der Waals surface area contributed by atoms with Gasteiger partial charge in [0.25, 0.3) is 0 Å². The summed E-state index contributed by atoms with van der Waals surface area (Å²) in [5, 5.41) is 10.2. The van der Waals surface area contributed by atoms with Gasteiger partial charge in [0.15, 0.2) is 0 Å². The fourth-order valence-electron chi connectivity index (χ4n) is 0.147. The highest BCUT2D eigenvalue weighted by Crippen LogP contribution is 1.95. The molecular formula is C5H8OS. The van der Waals surface area contributed by atoms with Crippen LogP contribution in [0, 0.1) is 0 Å². The molecule has 0 amide bonds. The maximum absolute atomic E-state index is 8.39. The fourth-order valence-corrected chi connectivity index (χ4v) is 0.440. The third kappa shape index (κ3) is 5.63. The molecular weight excluding hydrogens is 108 g/mol. The molecule has 0 aromatic carbocycles. The van der Waals surface area contributed by atoms with Crippen molar-refractivity contribution in [2.75, 3.05) is 6.26 Å². The van der Waals surface area contributed by atoms with E-state index in [0.717, 1.165) is 0 Å². The number of thioether (sulfide) groups is 1. The first-order valence-corrected chi connectivity index (χ1v) is 3.13. The molecule has 0 spiro atoms. The molecule has 0 aromatic rings. The summed E-state index contributed by atoms with van der Waals surface area (Å²) in [6, 6.07) is 0. The minimum Gasteiger partial charge on any atom is -0.509 e. The summed E-state index contributed by atoms with van der Waals surface area (Å²) < 4.78 is 0. The van der Waals surface area contributed by atoms with Crippen LogP contribution in [0.4, 0.5) is 0 Å². The van der Waals surface area contributed by atoms with Crippen LogP contribution in [-0.2, 0) is 0 Å². The standard InChI is InChI=1S/C5H8OS/c1-5(6)3-4-7-2/h3-4,6H,1H2,2H3/b4-3+. The molecule has 0 saturated carbocycles. The average Bonchev–Trinajstić information content (AvgIpc) is 1.61. The molecule has 0 saturated heterocycles. The Kier molecular flexibility index (Phi) is 3.61. The molecule has 0 aliphatic heterocycles. The van der Waals surface area contributed by atoms with Gasteiger partial charge in [0.05, 0.1) is 0 Å². The van der Waals surface area contributed by atoms with Gasteiger partial charge in [0.1, 0.15) is 5.76 Å². The summed E-state index contributed by atoms with van der Waals surface area (Å²) in [6.45, 7) is 3.25. The van der Waals surface area contributed by atoms with Crippen LogP contribution in [0.15, 0.2) is 23.8 Å². The lowest BCUT2D eigenvalue weighted by molar-refractivity contribution is 0.435. The number of allylic oxidation sites excluding steroid dienone is 1. The van der Waals surface area contributed by atoms with E-state index in [4.69, 9.17) is 5.11 Å². The van der Waals surface area contributed by atoms with Gasteiger partial charge in [-0.05, 0) is 17.7 Å². The summed E-state index contributed by atoms with van der Waals surface area (Å²) >= 11 is 1.53. The third-order valence-electron chi connectivity index (χ3n) is 0.397. The zero-order chi connectivity index (χ0) is 5.70. The SMILES string of the molecule is C=C(O)/C=C/SC. The minimum absolute atomic E-state index is 0.106. The van der Waals surface area contributed by atoms with Gasteiger partial charge in [-0.1, -0.05) is 6.58 Å². The molecule has 0 rings (SSSR count). The lowest BCUT2D eigenvalue weighted by Gasteiger charge is -1.79. The zero-order valence-corrected chi connectivity index (χ0v) is 5.03. The molecule has 0 aromatic heterocycles. The molecule has 1 N–H and O–H groups in total. The average molecular weight is 116 g/mol. The topological polar surface area (TPSA) is 20.2 Å². The Morgan fingerprint density at radius 1 is 1.86 bits per heavy atom. The maximum Gasteiger partial charge on any atom is 0.108 e. The predicted octanol–water partition coefficient (Wildman–Crippen LogP) is 1.93. The van der Waals surface area contributed by atoms with E-state index in [-0.39, 0.29) is 5.76 Å². The number of aliphatic hydroxyl groups is 1. The second-order valence-electron chi connectivity index (χ2n) is 1.03. The molecule has 40 valence electrons. The molecule has 0 unspecified atom stereocenters. The zero-order valence-electron chi connectivity index (χ0n) is 4.22. The first-order chi connectivity index (χ1) is 3.27. The normalized spacial score (nSPS) is 9.86. The molecule has 0 aliphatic rings. The fraction of sp³-hybridized carbons (Fsp3) is 0.200. The number of hydrogen-bond donors (Lipinski definition) is 1. The van der Waals surface area contributed by atoms with Crippen molar-refractivity contribution in [1.82, 2.24) is 0 Å². The van der Waals surface area contributed by atoms with Gasteiger partial charge in [-0.15, -0.1) is 11.8 Å². The second kappa shape index (κ2) is 3.81. The highest BCUT2D eigenvalue weighted by Gasteiger charge is 1.70. The van der Waals surface area contributed by atoms with E-state index in [1.807, 2.05) is 6.26 Å². The van der Waals surface area contributed by atoms with Crippen molar-refractivity contribution < 1.29 is 5.11 Å². The third-order valence-corrected chi connectivity index (χ3v) is 0.805. The summed E-state index contributed by atoms with van der Waals surface area (Å²) in [5.74, 6) is 0.106. The van der Waals surface area contributed by atoms with Crippen LogP contribution in [0.5, 0.6) is 0 Å². The Balaban J connectivity index is 3.26. The van der Waals surface area contributed by atoms with Crippen LogP contribution in [-0.4, -0.2) is 11.4 Å². The highest BCUT2D eigenvalue weighted by atomic mass is 32.2. The minimum atomic E-state index is 0.106. The van der Waals surface area contributed by atoms with Crippen LogP contribution in [0.3, 0.4) is 0 Å². The Morgan fingerprint density at radius 2 is 2.43 bits per heavy atom. The van der Waals surface area contributed by atoms with Gasteiger partial charge in [0.2, 0.25) is 0 Å². The highest BCUT2D eigenvalue weighted by molar-refractivity contribution is 8.01. The largest absolute Gasteiger partial charge is 0.509 e. The molecule has 7 heavy (non-hydrogen) atoms.